The lowest BCUT2D eigenvalue weighted by Gasteiger charge is -1.95. The van der Waals surface area contributed by atoms with E-state index in [1.165, 1.54) is 0 Å². The van der Waals surface area contributed by atoms with Crippen molar-refractivity contribution in [3.8, 4) is 0 Å². The molecule has 0 aliphatic carbocycles. The summed E-state index contributed by atoms with van der Waals surface area (Å²) in [6.07, 6.45) is 0. The summed E-state index contributed by atoms with van der Waals surface area (Å²) in [5.41, 5.74) is 1.86. The molecule has 0 saturated carbocycles. The molecule has 0 aliphatic heterocycles. The number of aryl methyl sites for hydroxylation is 1. The molecule has 14 heavy (non-hydrogen) atoms. The van der Waals surface area contributed by atoms with Crippen LogP contribution < -0.4 is 0 Å². The molecule has 0 saturated heterocycles. The molecule has 0 unspecified atom stereocenters. The Balaban J connectivity index is 2.93. The Hall–Kier alpha value is -1.29. The third kappa shape index (κ3) is 1.23. The van der Waals surface area contributed by atoms with E-state index in [2.05, 4.69) is 20.9 Å². The third-order valence-electron chi connectivity index (χ3n) is 2.17. The van der Waals surface area contributed by atoms with E-state index in [0.717, 1.165) is 15.4 Å². The van der Waals surface area contributed by atoms with Gasteiger partial charge in [-0.05, 0) is 19.1 Å². The zero-order valence-corrected chi connectivity index (χ0v) is 9.05. The van der Waals surface area contributed by atoms with Crippen molar-refractivity contribution < 1.29 is 9.90 Å². The van der Waals surface area contributed by atoms with Crippen LogP contribution in [-0.4, -0.2) is 16.1 Å². The standard InChI is InChI=1S/C10H8BrNO2/c1-5-8(10(13)14)9-6(11)3-2-4-7(9)12-5/h2-4,12H,1H3,(H,13,14). The Morgan fingerprint density at radius 1 is 1.50 bits per heavy atom. The smallest absolute Gasteiger partial charge is 0.338 e. The lowest BCUT2D eigenvalue weighted by Crippen LogP contribution is -1.97. The van der Waals surface area contributed by atoms with Gasteiger partial charge in [-0.2, -0.15) is 0 Å². The van der Waals surface area contributed by atoms with E-state index in [4.69, 9.17) is 5.11 Å². The molecular weight excluding hydrogens is 246 g/mol. The molecule has 0 amide bonds. The maximum atomic E-state index is 11.0. The predicted octanol–water partition coefficient (Wildman–Crippen LogP) is 2.94. The minimum absolute atomic E-state index is 0.340. The number of fused-ring (bicyclic) bond motifs is 1. The summed E-state index contributed by atoms with van der Waals surface area (Å²) in [6.45, 7) is 1.76. The van der Waals surface area contributed by atoms with Gasteiger partial charge in [0, 0.05) is 21.1 Å². The van der Waals surface area contributed by atoms with Gasteiger partial charge in [0.05, 0.1) is 5.56 Å². The van der Waals surface area contributed by atoms with Gasteiger partial charge in [-0.15, -0.1) is 0 Å². The fourth-order valence-corrected chi connectivity index (χ4v) is 2.17. The van der Waals surface area contributed by atoms with Crippen molar-refractivity contribution in [2.24, 2.45) is 0 Å². The Morgan fingerprint density at radius 3 is 2.86 bits per heavy atom. The van der Waals surface area contributed by atoms with Crippen LogP contribution in [0.2, 0.25) is 0 Å². The molecule has 0 bridgehead atoms. The predicted molar refractivity (Wildman–Crippen MR) is 57.7 cm³/mol. The quantitative estimate of drug-likeness (QED) is 0.821. The SMILES string of the molecule is Cc1[nH]c2cccc(Br)c2c1C(=O)O. The molecule has 72 valence electrons. The highest BCUT2D eigenvalue weighted by Gasteiger charge is 2.16. The lowest BCUT2D eigenvalue weighted by molar-refractivity contribution is 0.0698. The fraction of sp³-hybridized carbons (Fsp3) is 0.100. The minimum Gasteiger partial charge on any atom is -0.478 e. The van der Waals surface area contributed by atoms with Crippen LogP contribution in [-0.2, 0) is 0 Å². The Labute approximate surface area is 88.9 Å². The van der Waals surface area contributed by atoms with Gasteiger partial charge in [0.1, 0.15) is 0 Å². The maximum absolute atomic E-state index is 11.0. The van der Waals surface area contributed by atoms with Gasteiger partial charge in [-0.25, -0.2) is 4.79 Å². The molecule has 0 fully saturated rings. The third-order valence-corrected chi connectivity index (χ3v) is 2.84. The van der Waals surface area contributed by atoms with Crippen molar-refractivity contribution in [1.82, 2.24) is 4.98 Å². The summed E-state index contributed by atoms with van der Waals surface area (Å²) in [5.74, 6) is -0.902. The number of rotatable bonds is 1. The van der Waals surface area contributed by atoms with Crippen molar-refractivity contribution >= 4 is 32.8 Å². The van der Waals surface area contributed by atoms with Crippen molar-refractivity contribution in [3.05, 3.63) is 33.9 Å². The molecule has 1 aromatic carbocycles. The molecular formula is C10H8BrNO2. The molecule has 2 rings (SSSR count). The Kier molecular flexibility index (Phi) is 2.07. The van der Waals surface area contributed by atoms with Gasteiger partial charge < -0.3 is 10.1 Å². The molecule has 1 aromatic heterocycles. The number of H-pyrrole nitrogens is 1. The van der Waals surface area contributed by atoms with E-state index in [9.17, 15) is 4.79 Å². The van der Waals surface area contributed by atoms with E-state index < -0.39 is 5.97 Å². The van der Waals surface area contributed by atoms with Crippen LogP contribution in [0.1, 0.15) is 16.1 Å². The second-order valence-electron chi connectivity index (χ2n) is 3.09. The Bertz CT molecular complexity index is 516. The zero-order chi connectivity index (χ0) is 10.3. The number of carboxylic acids is 1. The van der Waals surface area contributed by atoms with Crippen molar-refractivity contribution in [2.75, 3.05) is 0 Å². The van der Waals surface area contributed by atoms with Crippen LogP contribution in [0.4, 0.5) is 0 Å². The minimum atomic E-state index is -0.902. The van der Waals surface area contributed by atoms with Gasteiger partial charge in [0.2, 0.25) is 0 Å². The van der Waals surface area contributed by atoms with Gasteiger partial charge in [0.15, 0.2) is 0 Å². The summed E-state index contributed by atoms with van der Waals surface area (Å²) in [5, 5.41) is 9.77. The van der Waals surface area contributed by atoms with Crippen LogP contribution in [0, 0.1) is 6.92 Å². The van der Waals surface area contributed by atoms with E-state index in [0.29, 0.717) is 11.3 Å². The Morgan fingerprint density at radius 2 is 2.21 bits per heavy atom. The lowest BCUT2D eigenvalue weighted by atomic mass is 10.1. The maximum Gasteiger partial charge on any atom is 0.338 e. The first-order valence-corrected chi connectivity index (χ1v) is 4.90. The zero-order valence-electron chi connectivity index (χ0n) is 7.47. The van der Waals surface area contributed by atoms with Gasteiger partial charge in [0.25, 0.3) is 0 Å². The molecule has 0 radical (unpaired) electrons. The van der Waals surface area contributed by atoms with E-state index in [-0.39, 0.29) is 0 Å². The number of hydrogen-bond donors (Lipinski definition) is 2. The number of aromatic carboxylic acids is 1. The summed E-state index contributed by atoms with van der Waals surface area (Å²) >= 11 is 3.35. The highest BCUT2D eigenvalue weighted by molar-refractivity contribution is 9.10. The average molecular weight is 254 g/mol. The highest BCUT2D eigenvalue weighted by atomic mass is 79.9. The molecule has 4 heteroatoms. The largest absolute Gasteiger partial charge is 0.478 e. The van der Waals surface area contributed by atoms with E-state index >= 15 is 0 Å². The number of halogens is 1. The number of aromatic amines is 1. The van der Waals surface area contributed by atoms with Crippen LogP contribution in [0.15, 0.2) is 22.7 Å². The first kappa shape index (κ1) is 9.27. The summed E-state index contributed by atoms with van der Waals surface area (Å²) in [7, 11) is 0. The summed E-state index contributed by atoms with van der Waals surface area (Å²) in [6, 6.07) is 5.57. The molecule has 1 heterocycles. The number of benzene rings is 1. The van der Waals surface area contributed by atoms with Crippen LogP contribution >= 0.6 is 15.9 Å². The topological polar surface area (TPSA) is 53.1 Å². The van der Waals surface area contributed by atoms with Crippen LogP contribution in [0.25, 0.3) is 10.9 Å². The first-order valence-electron chi connectivity index (χ1n) is 4.11. The van der Waals surface area contributed by atoms with Crippen molar-refractivity contribution in [1.29, 1.82) is 0 Å². The highest BCUT2D eigenvalue weighted by Crippen LogP contribution is 2.29. The van der Waals surface area contributed by atoms with Crippen LogP contribution in [0.3, 0.4) is 0 Å². The molecule has 3 nitrogen and oxygen atoms in total. The van der Waals surface area contributed by atoms with Gasteiger partial charge in [-0.1, -0.05) is 22.0 Å². The van der Waals surface area contributed by atoms with E-state index in [1.54, 1.807) is 6.92 Å². The van der Waals surface area contributed by atoms with Crippen molar-refractivity contribution in [2.45, 2.75) is 6.92 Å². The fourth-order valence-electron chi connectivity index (χ4n) is 1.60. The van der Waals surface area contributed by atoms with E-state index in [1.807, 2.05) is 18.2 Å². The van der Waals surface area contributed by atoms with Gasteiger partial charge in [-0.3, -0.25) is 0 Å². The normalized spacial score (nSPS) is 10.7. The number of hydrogen-bond acceptors (Lipinski definition) is 1. The molecule has 2 aromatic rings. The summed E-state index contributed by atoms with van der Waals surface area (Å²) in [4.78, 5) is 14.0. The van der Waals surface area contributed by atoms with Crippen molar-refractivity contribution in [3.63, 3.8) is 0 Å². The first-order chi connectivity index (χ1) is 6.61. The molecule has 2 N–H and O–H groups in total. The monoisotopic (exact) mass is 253 g/mol. The molecule has 0 aliphatic rings. The van der Waals surface area contributed by atoms with Gasteiger partial charge >= 0.3 is 5.97 Å². The molecule has 0 spiro atoms. The average Bonchev–Trinajstić information content (AvgIpc) is 2.42. The molecule has 0 atom stereocenters. The number of nitrogens with one attached hydrogen (secondary N) is 1. The number of carboxylic acid groups (broad SMARTS) is 1. The second-order valence-corrected chi connectivity index (χ2v) is 3.95. The number of aromatic nitrogens is 1. The van der Waals surface area contributed by atoms with Crippen LogP contribution in [0.5, 0.6) is 0 Å². The summed E-state index contributed by atoms with van der Waals surface area (Å²) < 4.78 is 0.803. The number of carbonyl (C=O) groups is 1. The second kappa shape index (κ2) is 3.13.